The van der Waals surface area contributed by atoms with Crippen molar-refractivity contribution in [1.82, 2.24) is 14.9 Å². The molecule has 8 nitrogen and oxygen atoms in total. The van der Waals surface area contributed by atoms with Crippen LogP contribution < -0.4 is 4.90 Å². The predicted molar refractivity (Wildman–Crippen MR) is 136 cm³/mol. The largest absolute Gasteiger partial charge is 0.466 e. The topological polar surface area (TPSA) is 84.9 Å². The number of rotatable bonds is 7. The summed E-state index contributed by atoms with van der Waals surface area (Å²) in [6, 6.07) is 7.70. The van der Waals surface area contributed by atoms with Crippen LogP contribution >= 0.6 is 11.8 Å². The Kier molecular flexibility index (Phi) is 8.62. The van der Waals surface area contributed by atoms with Crippen LogP contribution in [-0.2, 0) is 20.0 Å². The summed E-state index contributed by atoms with van der Waals surface area (Å²) in [7, 11) is 0. The predicted octanol–water partition coefficient (Wildman–Crippen LogP) is 3.64. The smallest absolute Gasteiger partial charge is 0.310 e. The second kappa shape index (κ2) is 11.9. The lowest BCUT2D eigenvalue weighted by atomic mass is 9.97. The van der Waals surface area contributed by atoms with Crippen LogP contribution in [0.4, 0.5) is 5.82 Å². The van der Waals surface area contributed by atoms with Gasteiger partial charge in [-0.1, -0.05) is 23.9 Å². The molecule has 188 valence electrons. The highest BCUT2D eigenvalue weighted by molar-refractivity contribution is 7.98. The fraction of sp³-hybridized carbons (Fsp3) is 0.538. The van der Waals surface area contributed by atoms with Gasteiger partial charge in [-0.15, -0.1) is 0 Å². The van der Waals surface area contributed by atoms with Crippen LogP contribution in [0.25, 0.3) is 0 Å². The van der Waals surface area contributed by atoms with Gasteiger partial charge in [0.2, 0.25) is 0 Å². The third kappa shape index (κ3) is 6.32. The summed E-state index contributed by atoms with van der Waals surface area (Å²) in [5, 5.41) is 0.757. The number of morpholine rings is 1. The number of hydrogen-bond acceptors (Lipinski definition) is 8. The van der Waals surface area contributed by atoms with Gasteiger partial charge in [0.15, 0.2) is 5.16 Å². The van der Waals surface area contributed by atoms with Gasteiger partial charge in [-0.3, -0.25) is 9.59 Å². The van der Waals surface area contributed by atoms with Gasteiger partial charge in [0.25, 0.3) is 5.91 Å². The maximum atomic E-state index is 13.0. The van der Waals surface area contributed by atoms with E-state index in [1.807, 2.05) is 31.2 Å². The highest BCUT2D eigenvalue weighted by Gasteiger charge is 2.29. The van der Waals surface area contributed by atoms with Crippen LogP contribution in [0.15, 0.2) is 29.4 Å². The van der Waals surface area contributed by atoms with Crippen molar-refractivity contribution < 1.29 is 19.1 Å². The third-order valence-electron chi connectivity index (χ3n) is 6.55. The molecule has 35 heavy (non-hydrogen) atoms. The molecule has 0 unspecified atom stereocenters. The average Bonchev–Trinajstić information content (AvgIpc) is 2.90. The molecular formula is C26H34N4O4S. The van der Waals surface area contributed by atoms with Gasteiger partial charge in [0.1, 0.15) is 5.82 Å². The zero-order chi connectivity index (χ0) is 24.8. The molecule has 0 N–H and O–H groups in total. The lowest BCUT2D eigenvalue weighted by Gasteiger charge is -2.31. The first-order chi connectivity index (χ1) is 17.0. The minimum atomic E-state index is -0.233. The van der Waals surface area contributed by atoms with Crippen molar-refractivity contribution in [3.05, 3.63) is 46.6 Å². The van der Waals surface area contributed by atoms with Crippen LogP contribution in [0, 0.1) is 19.8 Å². The number of esters is 1. The first-order valence-corrected chi connectivity index (χ1v) is 13.3. The Bertz CT molecular complexity index is 1040. The SMILES string of the molecule is CCOC(=O)[C@H]1CCCN(C(=O)c2ccc(CSc3nc(C)c(C)c(N4CCOCC4)n3)cc2)C1. The number of piperidine rings is 1. The summed E-state index contributed by atoms with van der Waals surface area (Å²) in [4.78, 5) is 38.7. The Morgan fingerprint density at radius 2 is 1.86 bits per heavy atom. The van der Waals surface area contributed by atoms with Crippen LogP contribution in [0.2, 0.25) is 0 Å². The number of amides is 1. The third-order valence-corrected chi connectivity index (χ3v) is 7.47. The molecule has 2 saturated heterocycles. The lowest BCUT2D eigenvalue weighted by molar-refractivity contribution is -0.149. The Morgan fingerprint density at radius 1 is 1.11 bits per heavy atom. The van der Waals surface area contributed by atoms with Crippen molar-refractivity contribution in [3.63, 3.8) is 0 Å². The summed E-state index contributed by atoms with van der Waals surface area (Å²) in [6.07, 6.45) is 1.58. The van der Waals surface area contributed by atoms with E-state index in [1.54, 1.807) is 23.6 Å². The summed E-state index contributed by atoms with van der Waals surface area (Å²) < 4.78 is 10.6. The van der Waals surface area contributed by atoms with Crippen LogP contribution in [-0.4, -0.2) is 72.7 Å². The summed E-state index contributed by atoms with van der Waals surface area (Å²) in [6.45, 7) is 10.5. The molecule has 2 aliphatic heterocycles. The minimum absolute atomic E-state index is 0.0363. The molecule has 0 aliphatic carbocycles. The molecular weight excluding hydrogens is 464 g/mol. The van der Waals surface area contributed by atoms with Crippen molar-refractivity contribution in [1.29, 1.82) is 0 Å². The maximum absolute atomic E-state index is 13.0. The highest BCUT2D eigenvalue weighted by Crippen LogP contribution is 2.27. The number of benzene rings is 1. The molecule has 0 bridgehead atoms. The van der Waals surface area contributed by atoms with Crippen molar-refractivity contribution in [2.45, 2.75) is 44.5 Å². The molecule has 1 aromatic heterocycles. The molecule has 0 radical (unpaired) electrons. The summed E-state index contributed by atoms with van der Waals surface area (Å²) >= 11 is 1.60. The quantitative estimate of drug-likeness (QED) is 0.325. The molecule has 2 fully saturated rings. The van der Waals surface area contributed by atoms with Crippen molar-refractivity contribution >= 4 is 29.5 Å². The van der Waals surface area contributed by atoms with Crippen molar-refractivity contribution in [3.8, 4) is 0 Å². The van der Waals surface area contributed by atoms with Gasteiger partial charge in [-0.05, 0) is 51.3 Å². The Labute approximate surface area is 211 Å². The second-order valence-corrected chi connectivity index (χ2v) is 9.91. The molecule has 9 heteroatoms. The van der Waals surface area contributed by atoms with E-state index in [-0.39, 0.29) is 17.8 Å². The lowest BCUT2D eigenvalue weighted by Crippen LogP contribution is -2.42. The fourth-order valence-corrected chi connectivity index (χ4v) is 5.26. The number of ether oxygens (including phenoxy) is 2. The first kappa shape index (κ1) is 25.4. The van der Waals surface area contributed by atoms with E-state index in [0.29, 0.717) is 31.0 Å². The Hall–Kier alpha value is -2.65. The molecule has 1 atom stereocenters. The van der Waals surface area contributed by atoms with Gasteiger partial charge in [-0.25, -0.2) is 9.97 Å². The normalized spacial score (nSPS) is 18.4. The molecule has 1 aromatic carbocycles. The highest BCUT2D eigenvalue weighted by atomic mass is 32.2. The van der Waals surface area contributed by atoms with Crippen LogP contribution in [0.5, 0.6) is 0 Å². The monoisotopic (exact) mass is 498 g/mol. The van der Waals surface area contributed by atoms with E-state index in [9.17, 15) is 9.59 Å². The van der Waals surface area contributed by atoms with E-state index >= 15 is 0 Å². The van der Waals surface area contributed by atoms with Gasteiger partial charge in [0.05, 0.1) is 25.7 Å². The zero-order valence-electron chi connectivity index (χ0n) is 20.8. The molecule has 2 aliphatic rings. The Balaban J connectivity index is 1.37. The number of hydrogen-bond donors (Lipinski definition) is 0. The Morgan fingerprint density at radius 3 is 2.57 bits per heavy atom. The number of nitrogens with zero attached hydrogens (tertiary/aromatic N) is 4. The van der Waals surface area contributed by atoms with Crippen LogP contribution in [0.3, 0.4) is 0 Å². The molecule has 2 aromatic rings. The van der Waals surface area contributed by atoms with E-state index in [0.717, 1.165) is 66.9 Å². The fourth-order valence-electron chi connectivity index (χ4n) is 4.42. The van der Waals surface area contributed by atoms with Gasteiger partial charge >= 0.3 is 5.97 Å². The van der Waals surface area contributed by atoms with E-state index in [1.165, 1.54) is 0 Å². The number of thioether (sulfide) groups is 1. The first-order valence-electron chi connectivity index (χ1n) is 12.3. The van der Waals surface area contributed by atoms with Gasteiger partial charge in [-0.2, -0.15) is 0 Å². The van der Waals surface area contributed by atoms with Crippen molar-refractivity contribution in [2.24, 2.45) is 5.92 Å². The number of carbonyl (C=O) groups excluding carboxylic acids is 2. The second-order valence-electron chi connectivity index (χ2n) is 8.97. The number of aromatic nitrogens is 2. The molecule has 0 spiro atoms. The van der Waals surface area contributed by atoms with Crippen LogP contribution in [0.1, 0.15) is 46.9 Å². The molecule has 1 amide bonds. The van der Waals surface area contributed by atoms with Crippen molar-refractivity contribution in [2.75, 3.05) is 50.9 Å². The molecule has 4 rings (SSSR count). The van der Waals surface area contributed by atoms with Gasteiger partial charge in [0, 0.05) is 48.8 Å². The van der Waals surface area contributed by atoms with E-state index in [4.69, 9.17) is 14.5 Å². The summed E-state index contributed by atoms with van der Waals surface area (Å²) in [5.41, 5.74) is 3.85. The maximum Gasteiger partial charge on any atom is 0.310 e. The number of carbonyl (C=O) groups is 2. The number of anilines is 1. The molecule has 0 saturated carbocycles. The zero-order valence-corrected chi connectivity index (χ0v) is 21.6. The number of aryl methyl sites for hydroxylation is 1. The van der Waals surface area contributed by atoms with E-state index in [2.05, 4.69) is 16.8 Å². The standard InChI is InChI=1S/C26H34N4O4S/c1-4-34-25(32)22-6-5-11-30(16-22)24(31)21-9-7-20(8-10-21)17-35-26-27-19(3)18(2)23(28-26)29-12-14-33-15-13-29/h7-10,22H,4-6,11-17H2,1-3H3/t22-/m0/s1. The number of likely N-dealkylation sites (tertiary alicyclic amines) is 1. The van der Waals surface area contributed by atoms with E-state index < -0.39 is 0 Å². The summed E-state index contributed by atoms with van der Waals surface area (Å²) in [5.74, 6) is 1.23. The molecule has 3 heterocycles. The minimum Gasteiger partial charge on any atom is -0.466 e. The van der Waals surface area contributed by atoms with Gasteiger partial charge < -0.3 is 19.3 Å². The average molecular weight is 499 g/mol.